The molecule has 4 heteroatoms. The first kappa shape index (κ1) is 13.5. The maximum absolute atomic E-state index is 11.0. The van der Waals surface area contributed by atoms with Gasteiger partial charge in [-0.25, -0.2) is 5.84 Å². The molecule has 1 amide bonds. The smallest absolute Gasteiger partial charge is 0.234 e. The third-order valence-electron chi connectivity index (χ3n) is 2.82. The summed E-state index contributed by atoms with van der Waals surface area (Å²) >= 11 is 0. The van der Waals surface area contributed by atoms with Gasteiger partial charge in [-0.1, -0.05) is 12.1 Å². The molecule has 4 nitrogen and oxygen atoms in total. The van der Waals surface area contributed by atoms with E-state index in [-0.39, 0.29) is 12.0 Å². The molecular weight excluding hydrogens is 216 g/mol. The van der Waals surface area contributed by atoms with E-state index < -0.39 is 0 Å². The largest absolute Gasteiger partial charge is 0.490 e. The molecule has 1 aromatic carbocycles. The van der Waals surface area contributed by atoms with Gasteiger partial charge in [0.05, 0.1) is 6.10 Å². The number of hydrogen-bond acceptors (Lipinski definition) is 3. The molecule has 0 bridgehead atoms. The van der Waals surface area contributed by atoms with Gasteiger partial charge in [0.15, 0.2) is 0 Å². The van der Waals surface area contributed by atoms with Crippen molar-refractivity contribution in [1.29, 1.82) is 0 Å². The lowest BCUT2D eigenvalue weighted by atomic mass is 10.1. The third-order valence-corrected chi connectivity index (χ3v) is 2.82. The van der Waals surface area contributed by atoms with Crippen molar-refractivity contribution < 1.29 is 9.53 Å². The molecule has 17 heavy (non-hydrogen) atoms. The van der Waals surface area contributed by atoms with Crippen molar-refractivity contribution in [2.24, 2.45) is 5.84 Å². The van der Waals surface area contributed by atoms with Crippen molar-refractivity contribution in [2.45, 2.75) is 39.7 Å². The fourth-order valence-electron chi connectivity index (χ4n) is 1.53. The predicted octanol–water partition coefficient (Wildman–Crippen LogP) is 1.84. The molecule has 0 aliphatic carbocycles. The van der Waals surface area contributed by atoms with E-state index in [9.17, 15) is 4.79 Å². The number of carbonyl (C=O) groups is 1. The summed E-state index contributed by atoms with van der Waals surface area (Å²) in [4.78, 5) is 11.0. The number of hydrogen-bond donors (Lipinski definition) is 2. The van der Waals surface area contributed by atoms with Gasteiger partial charge in [0.25, 0.3) is 0 Å². The number of hydrazine groups is 1. The summed E-state index contributed by atoms with van der Waals surface area (Å²) in [6.45, 7) is 6.03. The molecule has 0 radical (unpaired) electrons. The number of nitrogens with two attached hydrogens (primary N) is 1. The van der Waals surface area contributed by atoms with Crippen LogP contribution in [0.15, 0.2) is 18.2 Å². The van der Waals surface area contributed by atoms with E-state index in [1.807, 2.05) is 26.0 Å². The topological polar surface area (TPSA) is 64.3 Å². The Morgan fingerprint density at radius 2 is 2.18 bits per heavy atom. The molecule has 0 aliphatic heterocycles. The van der Waals surface area contributed by atoms with Crippen LogP contribution in [0.25, 0.3) is 0 Å². The highest BCUT2D eigenvalue weighted by Crippen LogP contribution is 2.22. The highest BCUT2D eigenvalue weighted by Gasteiger charge is 2.09. The minimum Gasteiger partial charge on any atom is -0.490 e. The van der Waals surface area contributed by atoms with Gasteiger partial charge in [-0.15, -0.1) is 0 Å². The van der Waals surface area contributed by atoms with Crippen LogP contribution in [0.5, 0.6) is 5.75 Å². The van der Waals surface area contributed by atoms with Crippen molar-refractivity contribution in [3.05, 3.63) is 29.3 Å². The van der Waals surface area contributed by atoms with E-state index >= 15 is 0 Å². The number of ether oxygens (including phenoxy) is 1. The summed E-state index contributed by atoms with van der Waals surface area (Å²) < 4.78 is 5.80. The second-order valence-corrected chi connectivity index (χ2v) is 4.23. The molecule has 0 saturated carbocycles. The summed E-state index contributed by atoms with van der Waals surface area (Å²) in [7, 11) is 0. The van der Waals surface area contributed by atoms with Crippen LogP contribution in [0.4, 0.5) is 0 Å². The van der Waals surface area contributed by atoms with Gasteiger partial charge >= 0.3 is 0 Å². The average Bonchev–Trinajstić information content (AvgIpc) is 2.32. The van der Waals surface area contributed by atoms with Crippen LogP contribution in [-0.2, 0) is 4.79 Å². The minimum absolute atomic E-state index is 0.00667. The van der Waals surface area contributed by atoms with Gasteiger partial charge < -0.3 is 4.74 Å². The number of carbonyl (C=O) groups excluding carboxylic acids is 1. The van der Waals surface area contributed by atoms with E-state index in [1.54, 1.807) is 0 Å². The van der Waals surface area contributed by atoms with Gasteiger partial charge in [-0.3, -0.25) is 10.2 Å². The Morgan fingerprint density at radius 1 is 1.47 bits per heavy atom. The molecule has 0 aliphatic rings. The monoisotopic (exact) mass is 236 g/mol. The minimum atomic E-state index is -0.165. The first-order valence-electron chi connectivity index (χ1n) is 5.77. The Bertz CT molecular complexity index is 391. The first-order chi connectivity index (χ1) is 8.04. The second-order valence-electron chi connectivity index (χ2n) is 4.23. The maximum Gasteiger partial charge on any atom is 0.234 e. The van der Waals surface area contributed by atoms with Crippen LogP contribution < -0.4 is 16.0 Å². The third kappa shape index (κ3) is 4.07. The Hall–Kier alpha value is -1.55. The molecule has 1 aromatic rings. The fraction of sp³-hybridized carbons (Fsp3) is 0.462. The van der Waals surface area contributed by atoms with E-state index in [4.69, 9.17) is 10.6 Å². The number of amides is 1. The molecule has 94 valence electrons. The lowest BCUT2D eigenvalue weighted by Gasteiger charge is -2.17. The van der Waals surface area contributed by atoms with Crippen LogP contribution in [0.2, 0.25) is 0 Å². The normalized spacial score (nSPS) is 12.0. The summed E-state index contributed by atoms with van der Waals surface area (Å²) in [5, 5.41) is 0. The SMILES string of the molecule is Cc1cccc(OC(C)CCC(=O)NN)c1C. The van der Waals surface area contributed by atoms with Crippen molar-refractivity contribution in [1.82, 2.24) is 5.43 Å². The molecule has 1 unspecified atom stereocenters. The van der Waals surface area contributed by atoms with Gasteiger partial charge in [0, 0.05) is 6.42 Å². The summed E-state index contributed by atoms with van der Waals surface area (Å²) in [6, 6.07) is 5.97. The Labute approximate surface area is 102 Å². The number of nitrogens with one attached hydrogen (secondary N) is 1. The van der Waals surface area contributed by atoms with Crippen molar-refractivity contribution in [2.75, 3.05) is 0 Å². The van der Waals surface area contributed by atoms with Crippen LogP contribution in [0, 0.1) is 13.8 Å². The van der Waals surface area contributed by atoms with Gasteiger partial charge in [-0.2, -0.15) is 0 Å². The number of aryl methyl sites for hydroxylation is 1. The lowest BCUT2D eigenvalue weighted by molar-refractivity contribution is -0.121. The fourth-order valence-corrected chi connectivity index (χ4v) is 1.53. The van der Waals surface area contributed by atoms with Crippen molar-refractivity contribution >= 4 is 5.91 Å². The van der Waals surface area contributed by atoms with E-state index in [0.717, 1.165) is 11.3 Å². The van der Waals surface area contributed by atoms with E-state index in [2.05, 4.69) is 18.4 Å². The first-order valence-corrected chi connectivity index (χ1v) is 5.77. The zero-order chi connectivity index (χ0) is 12.8. The summed E-state index contributed by atoms with van der Waals surface area (Å²) in [6.07, 6.45) is 1.02. The van der Waals surface area contributed by atoms with Crippen LogP contribution in [-0.4, -0.2) is 12.0 Å². The predicted molar refractivity (Wildman–Crippen MR) is 67.6 cm³/mol. The molecule has 1 rings (SSSR count). The van der Waals surface area contributed by atoms with Crippen molar-refractivity contribution in [3.63, 3.8) is 0 Å². The number of rotatable bonds is 5. The number of benzene rings is 1. The standard InChI is InChI=1S/C13H20N2O2/c1-9-5-4-6-12(11(9)3)17-10(2)7-8-13(16)15-14/h4-6,10H,7-8,14H2,1-3H3,(H,15,16). The average molecular weight is 236 g/mol. The molecule has 1 atom stereocenters. The highest BCUT2D eigenvalue weighted by molar-refractivity contribution is 5.75. The molecule has 0 saturated heterocycles. The van der Waals surface area contributed by atoms with Gasteiger partial charge in [-0.05, 0) is 44.4 Å². The summed E-state index contributed by atoms with van der Waals surface area (Å²) in [5.74, 6) is 5.73. The second kappa shape index (κ2) is 6.25. The van der Waals surface area contributed by atoms with Crippen LogP contribution in [0.3, 0.4) is 0 Å². The molecule has 0 heterocycles. The lowest BCUT2D eigenvalue weighted by Crippen LogP contribution is -2.30. The zero-order valence-electron chi connectivity index (χ0n) is 10.6. The van der Waals surface area contributed by atoms with E-state index in [1.165, 1.54) is 5.56 Å². The van der Waals surface area contributed by atoms with Crippen LogP contribution >= 0.6 is 0 Å². The highest BCUT2D eigenvalue weighted by atomic mass is 16.5. The van der Waals surface area contributed by atoms with Crippen LogP contribution in [0.1, 0.15) is 30.9 Å². The Kier molecular flexibility index (Phi) is 4.97. The summed E-state index contributed by atoms with van der Waals surface area (Å²) in [5.41, 5.74) is 4.45. The van der Waals surface area contributed by atoms with Gasteiger partial charge in [0.1, 0.15) is 5.75 Å². The Balaban J connectivity index is 2.53. The quantitative estimate of drug-likeness (QED) is 0.466. The van der Waals surface area contributed by atoms with E-state index in [0.29, 0.717) is 12.8 Å². The van der Waals surface area contributed by atoms with Crippen molar-refractivity contribution in [3.8, 4) is 5.75 Å². The molecule has 0 spiro atoms. The molecule has 0 fully saturated rings. The zero-order valence-corrected chi connectivity index (χ0v) is 10.6. The maximum atomic E-state index is 11.0. The molecule has 0 aromatic heterocycles. The Morgan fingerprint density at radius 3 is 2.82 bits per heavy atom. The molecule has 3 N–H and O–H groups in total. The van der Waals surface area contributed by atoms with Gasteiger partial charge in [0.2, 0.25) is 5.91 Å². The molecular formula is C13H20N2O2.